The summed E-state index contributed by atoms with van der Waals surface area (Å²) in [6.07, 6.45) is 3.11. The number of aliphatic hydroxyl groups excluding tert-OH is 1. The van der Waals surface area contributed by atoms with E-state index in [9.17, 15) is 5.11 Å². The van der Waals surface area contributed by atoms with Crippen molar-refractivity contribution in [2.24, 2.45) is 0 Å². The predicted octanol–water partition coefficient (Wildman–Crippen LogP) is 3.91. The summed E-state index contributed by atoms with van der Waals surface area (Å²) >= 11 is 5.87. The lowest BCUT2D eigenvalue weighted by atomic mass is 10.1. The van der Waals surface area contributed by atoms with Gasteiger partial charge in [-0.15, -0.1) is 0 Å². The van der Waals surface area contributed by atoms with Gasteiger partial charge < -0.3 is 10.4 Å². The fourth-order valence-electron chi connectivity index (χ4n) is 2.55. The fourth-order valence-corrected chi connectivity index (χ4v) is 2.67. The lowest BCUT2D eigenvalue weighted by Crippen LogP contribution is -2.24. The quantitative estimate of drug-likeness (QED) is 0.714. The van der Waals surface area contributed by atoms with E-state index in [1.54, 1.807) is 18.3 Å². The Labute approximate surface area is 146 Å². The Morgan fingerprint density at radius 1 is 1.08 bits per heavy atom. The number of nitrogens with zero attached hydrogens (tertiary/aromatic N) is 2. The van der Waals surface area contributed by atoms with Crippen LogP contribution in [0, 0.1) is 0 Å². The van der Waals surface area contributed by atoms with E-state index in [2.05, 4.69) is 29.5 Å². The molecule has 3 aromatic rings. The zero-order valence-corrected chi connectivity index (χ0v) is 14.2. The minimum absolute atomic E-state index is 0.138. The van der Waals surface area contributed by atoms with Crippen LogP contribution in [0.1, 0.15) is 30.2 Å². The molecular formula is C19H20ClN3O. The van der Waals surface area contributed by atoms with Gasteiger partial charge in [0.1, 0.15) is 0 Å². The second-order valence-electron chi connectivity index (χ2n) is 5.74. The van der Waals surface area contributed by atoms with Crippen molar-refractivity contribution in [2.45, 2.75) is 19.1 Å². The van der Waals surface area contributed by atoms with Crippen LogP contribution in [0.2, 0.25) is 5.02 Å². The van der Waals surface area contributed by atoms with Gasteiger partial charge in [-0.3, -0.25) is 0 Å². The minimum atomic E-state index is -0.562. The number of hydrogen-bond acceptors (Lipinski definition) is 3. The highest BCUT2D eigenvalue weighted by molar-refractivity contribution is 6.30. The molecule has 1 unspecified atom stereocenters. The summed E-state index contributed by atoms with van der Waals surface area (Å²) in [7, 11) is 0. The van der Waals surface area contributed by atoms with E-state index < -0.39 is 6.10 Å². The van der Waals surface area contributed by atoms with Crippen molar-refractivity contribution in [1.82, 2.24) is 15.1 Å². The Morgan fingerprint density at radius 2 is 1.75 bits per heavy atom. The number of aliphatic hydroxyl groups is 1. The topological polar surface area (TPSA) is 50.1 Å². The van der Waals surface area contributed by atoms with E-state index in [0.29, 0.717) is 11.6 Å². The summed E-state index contributed by atoms with van der Waals surface area (Å²) in [6, 6.07) is 17.5. The summed E-state index contributed by atoms with van der Waals surface area (Å²) < 4.78 is 1.83. The molecule has 2 aromatic carbocycles. The third-order valence-corrected chi connectivity index (χ3v) is 4.29. The van der Waals surface area contributed by atoms with E-state index in [1.165, 1.54) is 0 Å². The van der Waals surface area contributed by atoms with Gasteiger partial charge in [0.05, 0.1) is 11.8 Å². The third kappa shape index (κ3) is 4.03. The molecule has 2 atom stereocenters. The van der Waals surface area contributed by atoms with Crippen molar-refractivity contribution in [2.75, 3.05) is 6.54 Å². The number of halogens is 1. The standard InChI is InChI=1S/C19H20ClN3O/c1-14(21-13-19(24)16-3-7-17(20)8-4-16)15-5-9-18(10-6-15)23-12-2-11-22-23/h2-12,14,19,21,24H,13H2,1H3/t14?,19-/m0/s1. The lowest BCUT2D eigenvalue weighted by Gasteiger charge is -2.18. The third-order valence-electron chi connectivity index (χ3n) is 4.03. The Morgan fingerprint density at radius 3 is 2.38 bits per heavy atom. The number of aromatic nitrogens is 2. The maximum Gasteiger partial charge on any atom is 0.0914 e. The first kappa shape index (κ1) is 16.7. The first-order valence-electron chi connectivity index (χ1n) is 7.90. The molecule has 0 saturated carbocycles. The van der Waals surface area contributed by atoms with Crippen molar-refractivity contribution in [3.8, 4) is 5.69 Å². The predicted molar refractivity (Wildman–Crippen MR) is 96.4 cm³/mol. The first-order valence-corrected chi connectivity index (χ1v) is 8.28. The second kappa shape index (κ2) is 7.62. The van der Waals surface area contributed by atoms with Crippen LogP contribution < -0.4 is 5.32 Å². The van der Waals surface area contributed by atoms with E-state index in [4.69, 9.17) is 11.6 Å². The minimum Gasteiger partial charge on any atom is -0.387 e. The molecule has 0 aliphatic rings. The van der Waals surface area contributed by atoms with Gasteiger partial charge >= 0.3 is 0 Å². The molecule has 0 bridgehead atoms. The molecule has 0 fully saturated rings. The van der Waals surface area contributed by atoms with Crippen molar-refractivity contribution in [1.29, 1.82) is 0 Å². The molecule has 24 heavy (non-hydrogen) atoms. The number of rotatable bonds is 6. The molecule has 0 radical (unpaired) electrons. The highest BCUT2D eigenvalue weighted by atomic mass is 35.5. The van der Waals surface area contributed by atoms with Gasteiger partial charge in [-0.05, 0) is 48.4 Å². The number of nitrogens with one attached hydrogen (secondary N) is 1. The zero-order valence-electron chi connectivity index (χ0n) is 13.4. The molecular weight excluding hydrogens is 322 g/mol. The van der Waals surface area contributed by atoms with Gasteiger partial charge in [0, 0.05) is 30.0 Å². The summed E-state index contributed by atoms with van der Waals surface area (Å²) in [5.74, 6) is 0. The molecule has 0 aliphatic heterocycles. The van der Waals surface area contributed by atoms with Gasteiger partial charge in [-0.25, -0.2) is 4.68 Å². The van der Waals surface area contributed by atoms with E-state index in [1.807, 2.05) is 41.2 Å². The Bertz CT molecular complexity index is 754. The molecule has 2 N–H and O–H groups in total. The number of benzene rings is 2. The molecule has 0 amide bonds. The van der Waals surface area contributed by atoms with Crippen LogP contribution in [0.15, 0.2) is 67.0 Å². The van der Waals surface area contributed by atoms with Crippen molar-refractivity contribution < 1.29 is 5.11 Å². The summed E-state index contributed by atoms with van der Waals surface area (Å²) in [5, 5.41) is 18.5. The highest BCUT2D eigenvalue weighted by Gasteiger charge is 2.11. The van der Waals surface area contributed by atoms with Crippen molar-refractivity contribution in [3.63, 3.8) is 0 Å². The second-order valence-corrected chi connectivity index (χ2v) is 6.18. The molecule has 0 spiro atoms. The van der Waals surface area contributed by atoms with Crippen LogP contribution in [0.25, 0.3) is 5.69 Å². The SMILES string of the molecule is CC(NC[C@H](O)c1ccc(Cl)cc1)c1ccc(-n2cccn2)cc1. The maximum absolute atomic E-state index is 10.3. The largest absolute Gasteiger partial charge is 0.387 e. The molecule has 1 aromatic heterocycles. The van der Waals surface area contributed by atoms with Crippen molar-refractivity contribution >= 4 is 11.6 Å². The average molecular weight is 342 g/mol. The van der Waals surface area contributed by atoms with Crippen LogP contribution in [-0.2, 0) is 0 Å². The first-order chi connectivity index (χ1) is 11.6. The van der Waals surface area contributed by atoms with Gasteiger partial charge in [-0.2, -0.15) is 5.10 Å². The van der Waals surface area contributed by atoms with Crippen LogP contribution in [0.4, 0.5) is 0 Å². The van der Waals surface area contributed by atoms with Gasteiger partial charge in [0.25, 0.3) is 0 Å². The Balaban J connectivity index is 1.58. The molecule has 124 valence electrons. The Hall–Kier alpha value is -2.14. The maximum atomic E-state index is 10.3. The van der Waals surface area contributed by atoms with Crippen LogP contribution in [0.3, 0.4) is 0 Å². The fraction of sp³-hybridized carbons (Fsp3) is 0.211. The number of hydrogen-bond donors (Lipinski definition) is 2. The van der Waals surface area contributed by atoms with Crippen LogP contribution >= 0.6 is 11.6 Å². The lowest BCUT2D eigenvalue weighted by molar-refractivity contribution is 0.171. The highest BCUT2D eigenvalue weighted by Crippen LogP contribution is 2.19. The van der Waals surface area contributed by atoms with E-state index in [-0.39, 0.29) is 6.04 Å². The zero-order chi connectivity index (χ0) is 16.9. The summed E-state index contributed by atoms with van der Waals surface area (Å²) in [6.45, 7) is 2.56. The van der Waals surface area contributed by atoms with E-state index >= 15 is 0 Å². The van der Waals surface area contributed by atoms with Crippen molar-refractivity contribution in [3.05, 3.63) is 83.1 Å². The molecule has 0 aliphatic carbocycles. The average Bonchev–Trinajstić information content (AvgIpc) is 3.15. The monoisotopic (exact) mass is 341 g/mol. The molecule has 3 rings (SSSR count). The molecule has 4 nitrogen and oxygen atoms in total. The molecule has 5 heteroatoms. The Kier molecular flexibility index (Phi) is 5.30. The van der Waals surface area contributed by atoms with Gasteiger partial charge in [0.2, 0.25) is 0 Å². The summed E-state index contributed by atoms with van der Waals surface area (Å²) in [5.41, 5.74) is 3.04. The van der Waals surface area contributed by atoms with Gasteiger partial charge in [0.15, 0.2) is 0 Å². The van der Waals surface area contributed by atoms with Crippen LogP contribution in [-0.4, -0.2) is 21.4 Å². The molecule has 1 heterocycles. The normalized spacial score (nSPS) is 13.6. The molecule has 0 saturated heterocycles. The smallest absolute Gasteiger partial charge is 0.0914 e. The summed E-state index contributed by atoms with van der Waals surface area (Å²) in [4.78, 5) is 0. The van der Waals surface area contributed by atoms with E-state index in [0.717, 1.165) is 16.8 Å². The van der Waals surface area contributed by atoms with Gasteiger partial charge in [-0.1, -0.05) is 35.9 Å². The van der Waals surface area contributed by atoms with Crippen LogP contribution in [0.5, 0.6) is 0 Å².